The lowest BCUT2D eigenvalue weighted by atomic mass is 10.1. The Bertz CT molecular complexity index is 999. The summed E-state index contributed by atoms with van der Waals surface area (Å²) < 4.78 is 7.59. The quantitative estimate of drug-likeness (QED) is 0.696. The van der Waals surface area contributed by atoms with Crippen LogP contribution < -0.4 is 16.2 Å². The minimum absolute atomic E-state index is 0.0205. The molecule has 3 rings (SSSR count). The molecule has 0 atom stereocenters. The van der Waals surface area contributed by atoms with E-state index >= 15 is 0 Å². The van der Waals surface area contributed by atoms with E-state index in [0.29, 0.717) is 29.3 Å². The molecule has 0 unspecified atom stereocenters. The third kappa shape index (κ3) is 3.05. The number of ether oxygens (including phenoxy) is 1. The summed E-state index contributed by atoms with van der Waals surface area (Å²) in [4.78, 5) is 11.7. The zero-order chi connectivity index (χ0) is 18.0. The number of carbonyl (C=O) groups excluding carboxylic acids is 1. The third-order valence-corrected chi connectivity index (χ3v) is 4.17. The zero-order valence-electron chi connectivity index (χ0n) is 13.8. The molecule has 0 bridgehead atoms. The lowest BCUT2D eigenvalue weighted by molar-refractivity contribution is 0.100. The molecule has 6 heteroatoms. The molecule has 0 aliphatic heterocycles. The second-order valence-electron chi connectivity index (χ2n) is 5.73. The maximum absolute atomic E-state index is 11.7. The van der Waals surface area contributed by atoms with Crippen molar-refractivity contribution in [2.45, 2.75) is 6.61 Å². The van der Waals surface area contributed by atoms with Gasteiger partial charge in [-0.05, 0) is 29.8 Å². The SMILES string of the molecule is Cn1c(N)c(C#N)c2cc(OCc3cccc(C(=O)CN)c3)ccc21. The first kappa shape index (κ1) is 16.6. The van der Waals surface area contributed by atoms with E-state index in [1.165, 1.54) is 0 Å². The molecule has 0 fully saturated rings. The summed E-state index contributed by atoms with van der Waals surface area (Å²) in [6.07, 6.45) is 0. The standard InChI is InChI=1S/C19H18N4O2/c1-23-17-6-5-14(8-15(17)16(9-20)19(23)22)25-11-12-3-2-4-13(7-12)18(24)10-21/h2-8H,10-11,21-22H2,1H3. The Hall–Kier alpha value is -3.30. The van der Waals surface area contributed by atoms with Crippen molar-refractivity contribution in [2.24, 2.45) is 12.8 Å². The van der Waals surface area contributed by atoms with Crippen molar-refractivity contribution in [3.63, 3.8) is 0 Å². The maximum Gasteiger partial charge on any atom is 0.176 e. The van der Waals surface area contributed by atoms with E-state index in [9.17, 15) is 10.1 Å². The van der Waals surface area contributed by atoms with Crippen LogP contribution in [0.4, 0.5) is 5.82 Å². The van der Waals surface area contributed by atoms with Gasteiger partial charge in [-0.25, -0.2) is 0 Å². The van der Waals surface area contributed by atoms with Crippen molar-refractivity contribution in [2.75, 3.05) is 12.3 Å². The number of aryl methyl sites for hydroxylation is 1. The van der Waals surface area contributed by atoms with Gasteiger partial charge >= 0.3 is 0 Å². The molecule has 2 aromatic carbocycles. The number of nitrogens with two attached hydrogens (primary N) is 2. The normalized spacial score (nSPS) is 10.6. The highest BCUT2D eigenvalue weighted by molar-refractivity contribution is 5.97. The second kappa shape index (κ2) is 6.67. The van der Waals surface area contributed by atoms with Crippen molar-refractivity contribution < 1.29 is 9.53 Å². The van der Waals surface area contributed by atoms with E-state index in [2.05, 4.69) is 6.07 Å². The fourth-order valence-electron chi connectivity index (χ4n) is 2.77. The summed E-state index contributed by atoms with van der Waals surface area (Å²) >= 11 is 0. The van der Waals surface area contributed by atoms with Gasteiger partial charge in [-0.15, -0.1) is 0 Å². The fraction of sp³-hybridized carbons (Fsp3) is 0.158. The highest BCUT2D eigenvalue weighted by Crippen LogP contribution is 2.30. The van der Waals surface area contributed by atoms with E-state index in [1.54, 1.807) is 28.8 Å². The van der Waals surface area contributed by atoms with Gasteiger partial charge < -0.3 is 20.8 Å². The number of aromatic nitrogens is 1. The largest absolute Gasteiger partial charge is 0.489 e. The number of anilines is 1. The Morgan fingerprint density at radius 3 is 2.80 bits per heavy atom. The van der Waals surface area contributed by atoms with Crippen LogP contribution in [0.1, 0.15) is 21.5 Å². The Labute approximate surface area is 145 Å². The number of benzene rings is 2. The van der Waals surface area contributed by atoms with Gasteiger partial charge in [0.1, 0.15) is 29.8 Å². The Kier molecular flexibility index (Phi) is 4.42. The lowest BCUT2D eigenvalue weighted by Crippen LogP contribution is -2.13. The molecule has 0 radical (unpaired) electrons. The summed E-state index contributed by atoms with van der Waals surface area (Å²) in [6, 6.07) is 14.8. The van der Waals surface area contributed by atoms with E-state index < -0.39 is 0 Å². The number of nitrogens with zero attached hydrogens (tertiary/aromatic N) is 2. The monoisotopic (exact) mass is 334 g/mol. The van der Waals surface area contributed by atoms with E-state index in [-0.39, 0.29) is 12.3 Å². The molecule has 126 valence electrons. The first-order valence-electron chi connectivity index (χ1n) is 7.78. The van der Waals surface area contributed by atoms with Gasteiger partial charge in [-0.2, -0.15) is 5.26 Å². The maximum atomic E-state index is 11.7. The number of nitrogen functional groups attached to an aromatic ring is 1. The molecular formula is C19H18N4O2. The lowest BCUT2D eigenvalue weighted by Gasteiger charge is -2.08. The van der Waals surface area contributed by atoms with Crippen LogP contribution in [0.25, 0.3) is 10.9 Å². The van der Waals surface area contributed by atoms with E-state index in [4.69, 9.17) is 16.2 Å². The van der Waals surface area contributed by atoms with E-state index in [0.717, 1.165) is 16.5 Å². The topological polar surface area (TPSA) is 107 Å². The van der Waals surface area contributed by atoms with Crippen molar-refractivity contribution in [3.8, 4) is 11.8 Å². The Morgan fingerprint density at radius 2 is 2.08 bits per heavy atom. The first-order valence-corrected chi connectivity index (χ1v) is 7.78. The van der Waals surface area contributed by atoms with Gasteiger partial charge in [0.25, 0.3) is 0 Å². The van der Waals surface area contributed by atoms with Crippen molar-refractivity contribution in [1.82, 2.24) is 4.57 Å². The Balaban J connectivity index is 1.85. The molecule has 0 saturated heterocycles. The molecule has 0 spiro atoms. The second-order valence-corrected chi connectivity index (χ2v) is 5.73. The third-order valence-electron chi connectivity index (χ3n) is 4.17. The summed E-state index contributed by atoms with van der Waals surface area (Å²) in [7, 11) is 1.82. The number of Topliss-reactive ketones (excluding diaryl/α,β-unsaturated/α-hetero) is 1. The number of nitriles is 1. The average Bonchev–Trinajstić information content (AvgIpc) is 2.89. The van der Waals surface area contributed by atoms with Crippen LogP contribution in [0.15, 0.2) is 42.5 Å². The summed E-state index contributed by atoms with van der Waals surface area (Å²) in [5.41, 5.74) is 14.1. The van der Waals surface area contributed by atoms with Crippen LogP contribution in [0.3, 0.4) is 0 Å². The first-order chi connectivity index (χ1) is 12.0. The van der Waals surface area contributed by atoms with Gasteiger partial charge in [0.2, 0.25) is 0 Å². The van der Waals surface area contributed by atoms with Crippen LogP contribution >= 0.6 is 0 Å². The molecule has 0 aliphatic carbocycles. The van der Waals surface area contributed by atoms with Gasteiger partial charge in [-0.3, -0.25) is 4.79 Å². The number of fused-ring (bicyclic) bond motifs is 1. The molecule has 4 N–H and O–H groups in total. The summed E-state index contributed by atoms with van der Waals surface area (Å²) in [5.74, 6) is 0.953. The number of hydrogen-bond acceptors (Lipinski definition) is 5. The molecule has 1 heterocycles. The molecule has 0 aliphatic rings. The molecule has 3 aromatic rings. The Morgan fingerprint density at radius 1 is 1.28 bits per heavy atom. The smallest absolute Gasteiger partial charge is 0.176 e. The highest BCUT2D eigenvalue weighted by atomic mass is 16.5. The van der Waals surface area contributed by atoms with Crippen molar-refractivity contribution in [3.05, 3.63) is 59.2 Å². The number of hydrogen-bond donors (Lipinski definition) is 2. The zero-order valence-corrected chi connectivity index (χ0v) is 13.8. The predicted molar refractivity (Wildman–Crippen MR) is 96.2 cm³/mol. The van der Waals surface area contributed by atoms with Gasteiger partial charge in [0.05, 0.1) is 12.1 Å². The van der Waals surface area contributed by atoms with Crippen molar-refractivity contribution >= 4 is 22.5 Å². The molecule has 0 saturated carbocycles. The van der Waals surface area contributed by atoms with E-state index in [1.807, 2.05) is 25.2 Å². The van der Waals surface area contributed by atoms with Gasteiger partial charge in [0.15, 0.2) is 5.78 Å². The van der Waals surface area contributed by atoms with Crippen LogP contribution in [-0.2, 0) is 13.7 Å². The summed E-state index contributed by atoms with van der Waals surface area (Å²) in [5, 5.41) is 10.1. The molecule has 25 heavy (non-hydrogen) atoms. The molecule has 0 amide bonds. The van der Waals surface area contributed by atoms with Crippen LogP contribution in [-0.4, -0.2) is 16.9 Å². The molecule has 1 aromatic heterocycles. The minimum Gasteiger partial charge on any atom is -0.489 e. The molecule has 6 nitrogen and oxygen atoms in total. The van der Waals surface area contributed by atoms with Gasteiger partial charge in [-0.1, -0.05) is 18.2 Å². The van der Waals surface area contributed by atoms with Crippen molar-refractivity contribution in [1.29, 1.82) is 5.26 Å². The van der Waals surface area contributed by atoms with Gasteiger partial charge in [0, 0.05) is 18.0 Å². The number of ketones is 1. The highest BCUT2D eigenvalue weighted by Gasteiger charge is 2.13. The average molecular weight is 334 g/mol. The molecular weight excluding hydrogens is 316 g/mol. The summed E-state index contributed by atoms with van der Waals surface area (Å²) in [6.45, 7) is 0.286. The number of rotatable bonds is 5. The predicted octanol–water partition coefficient (Wildman–Crippen LogP) is 2.35. The fourth-order valence-corrected chi connectivity index (χ4v) is 2.77. The van der Waals surface area contributed by atoms with Crippen LogP contribution in [0.5, 0.6) is 5.75 Å². The minimum atomic E-state index is -0.110. The van der Waals surface area contributed by atoms with Crippen LogP contribution in [0, 0.1) is 11.3 Å². The number of carbonyl (C=O) groups is 1. The van der Waals surface area contributed by atoms with Crippen LogP contribution in [0.2, 0.25) is 0 Å².